The molecule has 8 aromatic rings. The Bertz CT molecular complexity index is 3260. The van der Waals surface area contributed by atoms with E-state index in [4.69, 9.17) is 43.6 Å². The summed E-state index contributed by atoms with van der Waals surface area (Å²) in [5.74, 6) is 2.56. The van der Waals surface area contributed by atoms with E-state index in [0.29, 0.717) is 79.3 Å². The van der Waals surface area contributed by atoms with Gasteiger partial charge in [0.25, 0.3) is 19.1 Å². The zero-order chi connectivity index (χ0) is 44.2. The molecule has 8 rings (SSSR count). The van der Waals surface area contributed by atoms with Gasteiger partial charge in [0, 0.05) is 56.5 Å². The number of hydrogen-bond acceptors (Lipinski definition) is 13. The van der Waals surface area contributed by atoms with E-state index in [1.54, 1.807) is 95.5 Å². The zero-order valence-corrected chi connectivity index (χ0v) is 36.0. The van der Waals surface area contributed by atoms with Gasteiger partial charge in [-0.15, -0.1) is 0 Å². The fourth-order valence-electron chi connectivity index (χ4n) is 6.34. The summed E-state index contributed by atoms with van der Waals surface area (Å²) < 4.78 is 81.2. The lowest BCUT2D eigenvalue weighted by Gasteiger charge is -2.12. The second-order valence-corrected chi connectivity index (χ2v) is 17.6. The van der Waals surface area contributed by atoms with Gasteiger partial charge in [-0.1, -0.05) is 36.4 Å². The Labute approximate surface area is 354 Å². The molecule has 4 aromatic heterocycles. The van der Waals surface area contributed by atoms with Gasteiger partial charge in [0.15, 0.2) is 0 Å². The zero-order valence-electron chi connectivity index (χ0n) is 33.6. The molecule has 0 aliphatic carbocycles. The van der Waals surface area contributed by atoms with Gasteiger partial charge in [0.2, 0.25) is 0 Å². The summed E-state index contributed by atoms with van der Waals surface area (Å²) in [5.41, 5.74) is 8.69. The Morgan fingerprint density at radius 3 is 1.46 bits per heavy atom. The van der Waals surface area contributed by atoms with Gasteiger partial charge in [-0.2, -0.15) is 0 Å². The minimum Gasteiger partial charge on any atom is -0.496 e. The molecule has 61 heavy (non-hydrogen) atoms. The second kappa shape index (κ2) is 17.8. The van der Waals surface area contributed by atoms with Crippen LogP contribution < -0.4 is 31.2 Å². The number of sulfonamides is 1. The van der Waals surface area contributed by atoms with Crippen LogP contribution in [0.5, 0.6) is 11.5 Å². The van der Waals surface area contributed by atoms with Crippen molar-refractivity contribution < 1.29 is 44.0 Å². The molecule has 0 unspecified atom stereocenters. The fourth-order valence-corrected chi connectivity index (χ4v) is 8.78. The largest absolute Gasteiger partial charge is 0.496 e. The Morgan fingerprint density at radius 2 is 1.02 bits per heavy atom. The van der Waals surface area contributed by atoms with E-state index in [1.165, 1.54) is 25.3 Å². The molecule has 0 saturated carbocycles. The molecule has 3 N–H and O–H groups in total. The van der Waals surface area contributed by atoms with E-state index in [0.717, 1.165) is 10.8 Å². The molecule has 0 aliphatic heterocycles. The summed E-state index contributed by atoms with van der Waals surface area (Å²) in [5, 5.41) is 1.63. The van der Waals surface area contributed by atoms with Crippen molar-refractivity contribution in [2.24, 2.45) is 0 Å². The van der Waals surface area contributed by atoms with Crippen LogP contribution in [0.4, 0.5) is 11.4 Å². The van der Waals surface area contributed by atoms with Crippen LogP contribution in [0.25, 0.3) is 44.2 Å². The van der Waals surface area contributed by atoms with E-state index in [9.17, 15) is 26.4 Å². The van der Waals surface area contributed by atoms with E-state index in [2.05, 4.69) is 4.72 Å². The monoisotopic (exact) mass is 886 g/mol. The highest BCUT2D eigenvalue weighted by molar-refractivity contribution is 8.13. The van der Waals surface area contributed by atoms with Crippen molar-refractivity contribution in [2.75, 3.05) is 24.7 Å². The summed E-state index contributed by atoms with van der Waals surface area (Å²) in [6, 6.07) is 30.8. The molecule has 0 radical (unpaired) electrons. The van der Waals surface area contributed by atoms with Crippen molar-refractivity contribution in [2.45, 2.75) is 37.5 Å². The van der Waals surface area contributed by atoms with Gasteiger partial charge in [0.1, 0.15) is 55.5 Å². The van der Waals surface area contributed by atoms with Crippen LogP contribution in [0, 0.1) is 27.7 Å². The lowest BCUT2D eigenvalue weighted by atomic mass is 10.0. The summed E-state index contributed by atoms with van der Waals surface area (Å²) in [6.07, 6.45) is 0. The fraction of sp³-hybridized carbons (Fsp3) is 0.136. The molecule has 14 nitrogen and oxygen atoms in total. The molecule has 0 spiro atoms. The number of fused-ring (bicyclic) bond motifs is 2. The molecule has 0 fully saturated rings. The number of ether oxygens (including phenoxy) is 2. The number of halogens is 1. The molecule has 0 bridgehead atoms. The number of para-hydroxylation sites is 2. The van der Waals surface area contributed by atoms with Crippen LogP contribution >= 0.6 is 10.7 Å². The van der Waals surface area contributed by atoms with Crippen LogP contribution in [0.15, 0.2) is 146 Å². The predicted molar refractivity (Wildman–Crippen MR) is 234 cm³/mol. The molecule has 316 valence electrons. The molecule has 17 heteroatoms. The third kappa shape index (κ3) is 10.0. The van der Waals surface area contributed by atoms with Gasteiger partial charge < -0.3 is 32.9 Å². The Morgan fingerprint density at radius 1 is 0.557 bits per heavy atom. The maximum absolute atomic E-state index is 12.7. The first-order chi connectivity index (χ1) is 28.9. The average Bonchev–Trinajstić information content (AvgIpc) is 3.76. The molecule has 4 aromatic carbocycles. The first-order valence-corrected chi connectivity index (χ1v) is 22.0. The summed E-state index contributed by atoms with van der Waals surface area (Å²) >= 11 is 0. The van der Waals surface area contributed by atoms with E-state index >= 15 is 0 Å². The highest BCUT2D eigenvalue weighted by atomic mass is 35.7. The van der Waals surface area contributed by atoms with E-state index < -0.39 is 30.3 Å². The second-order valence-electron chi connectivity index (χ2n) is 13.4. The number of rotatable bonds is 8. The number of methoxy groups -OCH3 is 2. The van der Waals surface area contributed by atoms with Crippen LogP contribution in [0.3, 0.4) is 0 Å². The van der Waals surface area contributed by atoms with Crippen molar-refractivity contribution in [3.63, 3.8) is 0 Å². The SMILES string of the molecule is COc1cc(N)ccc1-c1cc2ccccc2oc1=O.COc1cc(NS(=O)(=O)c2cc(C)oc2C)ccc1-c1cc2ccccc2oc1=O.Cc1cc(S(=O)(=O)Cl)c(C)o1. The van der Waals surface area contributed by atoms with Gasteiger partial charge >= 0.3 is 11.3 Å². The van der Waals surface area contributed by atoms with Crippen LogP contribution in [0.2, 0.25) is 0 Å². The summed E-state index contributed by atoms with van der Waals surface area (Å²) in [7, 11) is 0.603. The van der Waals surface area contributed by atoms with Crippen molar-refractivity contribution >= 4 is 63.1 Å². The first kappa shape index (κ1) is 43.8. The topological polar surface area (TPSA) is 211 Å². The number of benzene rings is 4. The van der Waals surface area contributed by atoms with E-state index in [1.807, 2.05) is 30.3 Å². The number of nitrogens with one attached hydrogen (secondary N) is 1. The number of hydrogen-bond donors (Lipinski definition) is 2. The number of nitrogen functional groups attached to an aromatic ring is 1. The molecule has 0 saturated heterocycles. The quantitative estimate of drug-likeness (QED) is 0.0828. The van der Waals surface area contributed by atoms with Crippen LogP contribution in [0.1, 0.15) is 23.0 Å². The summed E-state index contributed by atoms with van der Waals surface area (Å²) in [4.78, 5) is 24.7. The molecular weight excluding hydrogens is 848 g/mol. The van der Waals surface area contributed by atoms with Gasteiger partial charge in [-0.25, -0.2) is 26.4 Å². The standard InChI is InChI=1S/C22H19NO6S.C16H13NO3.C6H7ClO3S/c1-13-10-21(14(2)28-13)30(25,26)23-16-8-9-17(20(12-16)27-3)18-11-15-6-4-5-7-19(15)29-22(18)24;1-19-15-9-11(17)6-7-12(15)13-8-10-4-2-3-5-14(10)20-16(13)18;1-4-3-6(5(2)10-4)11(7,8)9/h4-12,23H,1-3H3;2-9H,17H2,1H3;3H,1-2H3. The van der Waals surface area contributed by atoms with Crippen molar-refractivity contribution in [3.05, 3.63) is 153 Å². The third-order valence-corrected chi connectivity index (χ3v) is 12.0. The van der Waals surface area contributed by atoms with Crippen LogP contribution in [-0.4, -0.2) is 31.1 Å². The number of furan rings is 2. The molecule has 0 amide bonds. The highest BCUT2D eigenvalue weighted by Crippen LogP contribution is 2.34. The molecule has 0 aliphatic rings. The average molecular weight is 887 g/mol. The van der Waals surface area contributed by atoms with Gasteiger partial charge in [-0.3, -0.25) is 4.72 Å². The highest BCUT2D eigenvalue weighted by Gasteiger charge is 2.22. The predicted octanol–water partition coefficient (Wildman–Crippen LogP) is 9.35. The molecule has 4 heterocycles. The Hall–Kier alpha value is -6.75. The smallest absolute Gasteiger partial charge is 0.344 e. The normalized spacial score (nSPS) is 11.3. The lowest BCUT2D eigenvalue weighted by molar-refractivity contribution is 0.416. The van der Waals surface area contributed by atoms with Crippen molar-refractivity contribution in [3.8, 4) is 33.8 Å². The third-order valence-electron chi connectivity index (χ3n) is 9.09. The molecule has 0 atom stereocenters. The van der Waals surface area contributed by atoms with Crippen molar-refractivity contribution in [1.29, 1.82) is 0 Å². The van der Waals surface area contributed by atoms with Crippen molar-refractivity contribution in [1.82, 2.24) is 0 Å². The van der Waals surface area contributed by atoms with Crippen LogP contribution in [-0.2, 0) is 19.1 Å². The van der Waals surface area contributed by atoms with E-state index in [-0.39, 0.29) is 9.79 Å². The number of anilines is 2. The Kier molecular flexibility index (Phi) is 12.8. The Balaban J connectivity index is 0.000000172. The maximum Gasteiger partial charge on any atom is 0.344 e. The first-order valence-electron chi connectivity index (χ1n) is 18.2. The maximum atomic E-state index is 12.7. The molecular formula is C44H39ClN2O12S2. The van der Waals surface area contributed by atoms with Gasteiger partial charge in [-0.05, 0) is 82.3 Å². The van der Waals surface area contributed by atoms with Gasteiger partial charge in [0.05, 0.1) is 31.0 Å². The minimum absolute atomic E-state index is 0.0525. The number of aryl methyl sites for hydroxylation is 4. The minimum atomic E-state index is -3.84. The lowest BCUT2D eigenvalue weighted by Crippen LogP contribution is -2.13. The summed E-state index contributed by atoms with van der Waals surface area (Å²) in [6.45, 7) is 6.49. The number of nitrogens with two attached hydrogens (primary N) is 1.